The second kappa shape index (κ2) is 2.41. The quantitative estimate of drug-likeness (QED) is 0.582. The molecule has 0 N–H and O–H groups in total. The van der Waals surface area contributed by atoms with Gasteiger partial charge in [0, 0.05) is 12.4 Å². The van der Waals surface area contributed by atoms with Crippen LogP contribution in [-0.2, 0) is 0 Å². The van der Waals surface area contributed by atoms with Gasteiger partial charge in [0.1, 0.15) is 5.69 Å². The fourth-order valence-electron chi connectivity index (χ4n) is 1.10. The van der Waals surface area contributed by atoms with E-state index in [1.807, 2.05) is 13.1 Å². The van der Waals surface area contributed by atoms with Crippen LogP contribution in [0.4, 0.5) is 0 Å². The van der Waals surface area contributed by atoms with Gasteiger partial charge in [0.05, 0.1) is 11.9 Å². The Bertz CT molecular complexity index is 433. The number of aromatic nitrogens is 3. The summed E-state index contributed by atoms with van der Waals surface area (Å²) < 4.78 is 1.78. The average molecular weight is 161 g/mol. The molecule has 0 unspecified atom stereocenters. The van der Waals surface area contributed by atoms with Crippen molar-refractivity contribution in [1.82, 2.24) is 14.4 Å². The molecule has 0 aliphatic carbocycles. The number of aryl methyl sites for hydroxylation is 1. The molecule has 0 bridgehead atoms. The number of nitrogens with zero attached hydrogens (tertiary/aromatic N) is 3. The van der Waals surface area contributed by atoms with Gasteiger partial charge < -0.3 is 4.40 Å². The third-order valence-corrected chi connectivity index (χ3v) is 1.60. The second-order valence-corrected chi connectivity index (χ2v) is 2.58. The van der Waals surface area contributed by atoms with Gasteiger partial charge in [-0.05, 0) is 6.92 Å². The zero-order chi connectivity index (χ0) is 8.55. The molecule has 0 aliphatic rings. The highest BCUT2D eigenvalue weighted by Gasteiger charge is 1.98. The zero-order valence-corrected chi connectivity index (χ0v) is 6.56. The molecule has 0 saturated carbocycles. The van der Waals surface area contributed by atoms with Crippen molar-refractivity contribution in [1.29, 1.82) is 0 Å². The minimum absolute atomic E-state index is 0.417. The van der Waals surface area contributed by atoms with E-state index >= 15 is 0 Å². The van der Waals surface area contributed by atoms with Crippen molar-refractivity contribution < 1.29 is 4.79 Å². The van der Waals surface area contributed by atoms with Gasteiger partial charge in [-0.3, -0.25) is 4.79 Å². The summed E-state index contributed by atoms with van der Waals surface area (Å²) in [5, 5.41) is 0. The van der Waals surface area contributed by atoms with E-state index in [9.17, 15) is 4.79 Å². The van der Waals surface area contributed by atoms with E-state index in [4.69, 9.17) is 0 Å². The average Bonchev–Trinajstić information content (AvgIpc) is 2.43. The van der Waals surface area contributed by atoms with Crippen molar-refractivity contribution in [3.8, 4) is 0 Å². The lowest BCUT2D eigenvalue weighted by Gasteiger charge is -1.91. The SMILES string of the molecule is Cc1cn2cc(C=O)ncc2n1. The Balaban J connectivity index is 2.74. The van der Waals surface area contributed by atoms with Crippen LogP contribution in [0.5, 0.6) is 0 Å². The Labute approximate surface area is 68.9 Å². The van der Waals surface area contributed by atoms with E-state index in [1.54, 1.807) is 16.8 Å². The van der Waals surface area contributed by atoms with Crippen LogP contribution in [0.3, 0.4) is 0 Å². The molecule has 12 heavy (non-hydrogen) atoms. The van der Waals surface area contributed by atoms with Gasteiger partial charge in [0.2, 0.25) is 0 Å². The van der Waals surface area contributed by atoms with Crippen LogP contribution < -0.4 is 0 Å². The number of carbonyl (C=O) groups excluding carboxylic acids is 1. The first-order valence-corrected chi connectivity index (χ1v) is 3.56. The van der Waals surface area contributed by atoms with Gasteiger partial charge in [-0.25, -0.2) is 9.97 Å². The molecule has 0 amide bonds. The highest BCUT2D eigenvalue weighted by atomic mass is 16.1. The highest BCUT2D eigenvalue weighted by Crippen LogP contribution is 2.02. The van der Waals surface area contributed by atoms with Crippen molar-refractivity contribution in [2.75, 3.05) is 0 Å². The predicted molar refractivity (Wildman–Crippen MR) is 43.1 cm³/mol. The van der Waals surface area contributed by atoms with Crippen molar-refractivity contribution in [2.24, 2.45) is 0 Å². The van der Waals surface area contributed by atoms with E-state index < -0.39 is 0 Å². The molecule has 2 heterocycles. The van der Waals surface area contributed by atoms with E-state index in [0.29, 0.717) is 5.69 Å². The van der Waals surface area contributed by atoms with Gasteiger partial charge in [-0.1, -0.05) is 0 Å². The maximum Gasteiger partial charge on any atom is 0.169 e. The molecule has 4 nitrogen and oxygen atoms in total. The summed E-state index contributed by atoms with van der Waals surface area (Å²) in [7, 11) is 0. The Morgan fingerprint density at radius 3 is 3.08 bits per heavy atom. The minimum Gasteiger partial charge on any atom is -0.303 e. The van der Waals surface area contributed by atoms with Crippen LogP contribution in [0, 0.1) is 6.92 Å². The van der Waals surface area contributed by atoms with Crippen LogP contribution in [0.25, 0.3) is 5.65 Å². The third-order valence-electron chi connectivity index (χ3n) is 1.60. The highest BCUT2D eigenvalue weighted by molar-refractivity contribution is 5.71. The summed E-state index contributed by atoms with van der Waals surface area (Å²) >= 11 is 0. The number of fused-ring (bicyclic) bond motifs is 1. The standard InChI is InChI=1S/C8H7N3O/c1-6-3-11-4-7(5-12)9-2-8(11)10-6/h2-5H,1H3. The Morgan fingerprint density at radius 2 is 2.33 bits per heavy atom. The molecule has 0 aliphatic heterocycles. The van der Waals surface area contributed by atoms with E-state index in [2.05, 4.69) is 9.97 Å². The maximum absolute atomic E-state index is 10.4. The maximum atomic E-state index is 10.4. The Hall–Kier alpha value is -1.71. The molecular weight excluding hydrogens is 154 g/mol. The predicted octanol–water partition coefficient (Wildman–Crippen LogP) is 0.850. The van der Waals surface area contributed by atoms with E-state index in [1.165, 1.54) is 0 Å². The van der Waals surface area contributed by atoms with Crippen LogP contribution in [0.2, 0.25) is 0 Å². The minimum atomic E-state index is 0.417. The molecule has 0 atom stereocenters. The number of hydrogen-bond donors (Lipinski definition) is 0. The molecule has 0 spiro atoms. The lowest BCUT2D eigenvalue weighted by Crippen LogP contribution is -1.91. The van der Waals surface area contributed by atoms with E-state index in [-0.39, 0.29) is 0 Å². The first-order chi connectivity index (χ1) is 5.79. The zero-order valence-electron chi connectivity index (χ0n) is 6.56. The monoisotopic (exact) mass is 161 g/mol. The summed E-state index contributed by atoms with van der Waals surface area (Å²) in [6.45, 7) is 1.90. The van der Waals surface area contributed by atoms with Crippen LogP contribution in [0.15, 0.2) is 18.6 Å². The topological polar surface area (TPSA) is 47.3 Å². The summed E-state index contributed by atoms with van der Waals surface area (Å²) in [6.07, 6.45) is 5.80. The summed E-state index contributed by atoms with van der Waals surface area (Å²) in [5.41, 5.74) is 2.10. The van der Waals surface area contributed by atoms with Gasteiger partial charge >= 0.3 is 0 Å². The molecule has 0 saturated heterocycles. The van der Waals surface area contributed by atoms with Crippen molar-refractivity contribution in [2.45, 2.75) is 6.92 Å². The van der Waals surface area contributed by atoms with Crippen molar-refractivity contribution >= 4 is 11.9 Å². The molecule has 2 aromatic rings. The third kappa shape index (κ3) is 0.972. The summed E-state index contributed by atoms with van der Waals surface area (Å²) in [6, 6.07) is 0. The fraction of sp³-hybridized carbons (Fsp3) is 0.125. The number of imidazole rings is 1. The number of hydrogen-bond acceptors (Lipinski definition) is 3. The number of rotatable bonds is 1. The normalized spacial score (nSPS) is 10.4. The van der Waals surface area contributed by atoms with Crippen molar-refractivity contribution in [3.63, 3.8) is 0 Å². The summed E-state index contributed by atoms with van der Waals surface area (Å²) in [5.74, 6) is 0. The van der Waals surface area contributed by atoms with Gasteiger partial charge in [0.25, 0.3) is 0 Å². The Kier molecular flexibility index (Phi) is 1.40. The number of carbonyl (C=O) groups is 1. The van der Waals surface area contributed by atoms with Crippen molar-refractivity contribution in [3.05, 3.63) is 30.0 Å². The molecule has 2 aromatic heterocycles. The fourth-order valence-corrected chi connectivity index (χ4v) is 1.10. The first-order valence-electron chi connectivity index (χ1n) is 3.56. The number of aldehydes is 1. The lowest BCUT2D eigenvalue weighted by molar-refractivity contribution is 0.111. The molecule has 60 valence electrons. The first kappa shape index (κ1) is 6.97. The molecule has 4 heteroatoms. The Morgan fingerprint density at radius 1 is 1.50 bits per heavy atom. The smallest absolute Gasteiger partial charge is 0.169 e. The van der Waals surface area contributed by atoms with Gasteiger partial charge in [-0.2, -0.15) is 0 Å². The molecule has 0 aromatic carbocycles. The summed E-state index contributed by atoms with van der Waals surface area (Å²) in [4.78, 5) is 18.4. The van der Waals surface area contributed by atoms with Crippen LogP contribution >= 0.6 is 0 Å². The van der Waals surface area contributed by atoms with Crippen LogP contribution in [0.1, 0.15) is 16.2 Å². The molecule has 0 fully saturated rings. The van der Waals surface area contributed by atoms with Gasteiger partial charge in [0.15, 0.2) is 11.9 Å². The largest absolute Gasteiger partial charge is 0.303 e. The van der Waals surface area contributed by atoms with Crippen LogP contribution in [-0.4, -0.2) is 20.7 Å². The molecular formula is C8H7N3O. The molecule has 0 radical (unpaired) electrons. The van der Waals surface area contributed by atoms with Gasteiger partial charge in [-0.15, -0.1) is 0 Å². The molecule has 2 rings (SSSR count). The lowest BCUT2D eigenvalue weighted by atomic mass is 10.5. The second-order valence-electron chi connectivity index (χ2n) is 2.58. The van der Waals surface area contributed by atoms with E-state index in [0.717, 1.165) is 17.6 Å².